The fourth-order valence-corrected chi connectivity index (χ4v) is 11.3. The topological polar surface area (TPSA) is 79.5 Å². The van der Waals surface area contributed by atoms with Crippen molar-refractivity contribution in [3.05, 3.63) is 108 Å². The molecule has 0 radical (unpaired) electrons. The average Bonchev–Trinajstić information content (AvgIpc) is 3.72. The molecule has 2 amide bonds. The molecule has 10 heteroatoms. The maximum atomic E-state index is 14.0. The van der Waals surface area contributed by atoms with Gasteiger partial charge in [0.2, 0.25) is 11.8 Å². The molecular weight excluding hydrogens is 623 g/mol. The van der Waals surface area contributed by atoms with Gasteiger partial charge >= 0.3 is 4.87 Å². The van der Waals surface area contributed by atoms with Crippen LogP contribution in [-0.4, -0.2) is 22.0 Å². The smallest absolute Gasteiger partial charge is 0.305 e. The van der Waals surface area contributed by atoms with Gasteiger partial charge in [-0.15, -0.1) is 11.8 Å². The number of aromatic nitrogens is 1. The largest absolute Gasteiger partial charge is 0.489 e. The van der Waals surface area contributed by atoms with Crippen molar-refractivity contribution >= 4 is 63.8 Å². The van der Waals surface area contributed by atoms with E-state index in [-0.39, 0.29) is 51.5 Å². The third-order valence-corrected chi connectivity index (χ3v) is 12.7. The van der Waals surface area contributed by atoms with Crippen molar-refractivity contribution in [1.82, 2.24) is 4.98 Å². The first-order chi connectivity index (χ1) is 20.8. The highest BCUT2D eigenvalue weighted by Crippen LogP contribution is 2.69. The molecular formula is C33H26Cl2N2O4S2. The van der Waals surface area contributed by atoms with Gasteiger partial charge in [-0.3, -0.25) is 19.3 Å². The highest BCUT2D eigenvalue weighted by Gasteiger charge is 2.69. The van der Waals surface area contributed by atoms with E-state index in [9.17, 15) is 14.4 Å². The normalized spacial score (nSPS) is 28.6. The molecule has 7 atom stereocenters. The van der Waals surface area contributed by atoms with E-state index in [1.165, 1.54) is 16.2 Å². The first-order valence-corrected chi connectivity index (χ1v) is 16.7. The Labute approximate surface area is 266 Å². The molecule has 1 saturated heterocycles. The van der Waals surface area contributed by atoms with Gasteiger partial charge < -0.3 is 9.72 Å². The number of nitrogens with one attached hydrogen (secondary N) is 1. The number of carbonyl (C=O) groups excluding carboxylic acids is 2. The van der Waals surface area contributed by atoms with Gasteiger partial charge in [0.25, 0.3) is 0 Å². The minimum Gasteiger partial charge on any atom is -0.489 e. The van der Waals surface area contributed by atoms with Crippen molar-refractivity contribution < 1.29 is 14.3 Å². The summed E-state index contributed by atoms with van der Waals surface area (Å²) in [4.78, 5) is 45.9. The summed E-state index contributed by atoms with van der Waals surface area (Å²) >= 11 is 15.6. The number of carbonyl (C=O) groups is 2. The molecule has 43 heavy (non-hydrogen) atoms. The maximum absolute atomic E-state index is 14.0. The third kappa shape index (κ3) is 4.32. The minimum absolute atomic E-state index is 0.0137. The Hall–Kier alpha value is -3.04. The summed E-state index contributed by atoms with van der Waals surface area (Å²) in [5, 5.41) is 2.05. The van der Waals surface area contributed by atoms with Gasteiger partial charge in [-0.05, 0) is 79.1 Å². The van der Waals surface area contributed by atoms with Crippen molar-refractivity contribution in [3.63, 3.8) is 0 Å². The number of aromatic amines is 1. The lowest BCUT2D eigenvalue weighted by Gasteiger charge is -2.43. The number of hydrogen-bond donors (Lipinski definition) is 1. The number of hydrogen-bond acceptors (Lipinski definition) is 6. The Balaban J connectivity index is 1.20. The molecule has 4 aromatic rings. The van der Waals surface area contributed by atoms with Crippen LogP contribution in [0.3, 0.4) is 0 Å². The zero-order chi connectivity index (χ0) is 29.6. The van der Waals surface area contributed by atoms with Gasteiger partial charge in [-0.25, -0.2) is 0 Å². The Bertz CT molecular complexity index is 1850. The van der Waals surface area contributed by atoms with Crippen LogP contribution in [-0.2, 0) is 16.2 Å². The van der Waals surface area contributed by atoms with Crippen LogP contribution in [0.2, 0.25) is 10.0 Å². The third-order valence-electron chi connectivity index (χ3n) is 9.59. The number of imide groups is 1. The number of benzene rings is 3. The molecule has 6 nitrogen and oxygen atoms in total. The van der Waals surface area contributed by atoms with Crippen molar-refractivity contribution in [2.45, 2.75) is 36.1 Å². The molecule has 1 N–H and O–H groups in total. The standard InChI is InChI=1S/C33H26Cl2N2O4S2/c1-15-3-2-4-16(11-15)14-41-23-10-7-18(35)12-20(23)24-25-21-13-22(28(25)42-30-29(24)43-33(40)36-30)27-26(21)31(38)37(32(27)39)19-8-5-17(34)6-9-19/h2-12,21-22,24-28H,13-14H2,1H3,(H,36,40)/t21-,22-,24?,25?,26?,27?,28?/m1/s1. The zero-order valence-corrected chi connectivity index (χ0v) is 26.1. The predicted octanol–water partition coefficient (Wildman–Crippen LogP) is 7.31. The fraction of sp³-hybridized carbons (Fsp3) is 0.303. The number of fused-ring (bicyclic) bond motifs is 9. The van der Waals surface area contributed by atoms with Crippen LogP contribution < -0.4 is 14.5 Å². The molecule has 3 fully saturated rings. The lowest BCUT2D eigenvalue weighted by Crippen LogP contribution is -2.42. The lowest BCUT2D eigenvalue weighted by molar-refractivity contribution is -0.123. The number of thioether (sulfide) groups is 1. The summed E-state index contributed by atoms with van der Waals surface area (Å²) in [6, 6.07) is 20.8. The van der Waals surface area contributed by atoms with Crippen molar-refractivity contribution in [1.29, 1.82) is 0 Å². The fourth-order valence-electron chi connectivity index (χ4n) is 8.07. The number of aryl methyl sites for hydroxylation is 1. The van der Waals surface area contributed by atoms with E-state index in [0.29, 0.717) is 28.1 Å². The summed E-state index contributed by atoms with van der Waals surface area (Å²) < 4.78 is 6.46. The monoisotopic (exact) mass is 648 g/mol. The number of nitrogens with zero attached hydrogens (tertiary/aromatic N) is 1. The SMILES string of the molecule is Cc1cccc(COc2ccc(Cl)cc2C2c3sc(=O)[nH]c3SC3C2[C@H]2C[C@@H]3C3C(=O)N(c4ccc(Cl)cc4)C(=O)C32)c1. The summed E-state index contributed by atoms with van der Waals surface area (Å²) in [5.41, 5.74) is 3.70. The molecule has 3 heterocycles. The quantitative estimate of drug-likeness (QED) is 0.230. The Morgan fingerprint density at radius 3 is 2.44 bits per heavy atom. The summed E-state index contributed by atoms with van der Waals surface area (Å²) in [5.74, 6) is -0.469. The van der Waals surface area contributed by atoms with Crippen LogP contribution in [0.5, 0.6) is 5.75 Å². The van der Waals surface area contributed by atoms with Crippen molar-refractivity contribution in [2.75, 3.05) is 4.90 Å². The molecule has 2 bridgehead atoms. The van der Waals surface area contributed by atoms with E-state index in [4.69, 9.17) is 27.9 Å². The van der Waals surface area contributed by atoms with Crippen LogP contribution in [0.15, 0.2) is 76.6 Å². The Kier molecular flexibility index (Phi) is 6.56. The molecule has 2 aliphatic carbocycles. The lowest BCUT2D eigenvalue weighted by atomic mass is 9.68. The molecule has 3 aromatic carbocycles. The molecule has 8 rings (SSSR count). The second-order valence-electron chi connectivity index (χ2n) is 11.9. The number of amides is 2. The second kappa shape index (κ2) is 10.3. The maximum Gasteiger partial charge on any atom is 0.305 e. The highest BCUT2D eigenvalue weighted by molar-refractivity contribution is 8.00. The van der Waals surface area contributed by atoms with E-state index < -0.39 is 5.92 Å². The molecule has 4 aliphatic rings. The highest BCUT2D eigenvalue weighted by atomic mass is 35.5. The summed E-state index contributed by atoms with van der Waals surface area (Å²) in [6.07, 6.45) is 0.805. The average molecular weight is 650 g/mol. The number of H-pyrrole nitrogens is 1. The zero-order valence-electron chi connectivity index (χ0n) is 23.0. The van der Waals surface area contributed by atoms with Crippen LogP contribution in [0.1, 0.15) is 33.9 Å². The van der Waals surface area contributed by atoms with E-state index in [2.05, 4.69) is 24.0 Å². The van der Waals surface area contributed by atoms with Crippen LogP contribution in [0.25, 0.3) is 0 Å². The van der Waals surface area contributed by atoms with Gasteiger partial charge in [0.15, 0.2) is 0 Å². The van der Waals surface area contributed by atoms with Gasteiger partial charge in [0.05, 0.1) is 22.5 Å². The number of thiazole rings is 1. The summed E-state index contributed by atoms with van der Waals surface area (Å²) in [6.45, 7) is 2.44. The van der Waals surface area contributed by atoms with Gasteiger partial charge in [-0.1, -0.05) is 64.4 Å². The minimum atomic E-state index is -0.398. The van der Waals surface area contributed by atoms with Crippen molar-refractivity contribution in [2.24, 2.45) is 29.6 Å². The first-order valence-electron chi connectivity index (χ1n) is 14.3. The molecule has 2 aliphatic heterocycles. The Morgan fingerprint density at radius 2 is 1.67 bits per heavy atom. The van der Waals surface area contributed by atoms with E-state index in [0.717, 1.165) is 33.0 Å². The molecule has 0 spiro atoms. The number of anilines is 1. The van der Waals surface area contributed by atoms with E-state index in [1.807, 2.05) is 30.3 Å². The molecule has 5 unspecified atom stereocenters. The van der Waals surface area contributed by atoms with Gasteiger partial charge in [-0.2, -0.15) is 0 Å². The van der Waals surface area contributed by atoms with Crippen LogP contribution >= 0.6 is 46.3 Å². The summed E-state index contributed by atoms with van der Waals surface area (Å²) in [7, 11) is 0. The predicted molar refractivity (Wildman–Crippen MR) is 169 cm³/mol. The number of ether oxygens (including phenoxy) is 1. The van der Waals surface area contributed by atoms with Gasteiger partial charge in [0, 0.05) is 31.7 Å². The Morgan fingerprint density at radius 1 is 0.930 bits per heavy atom. The van der Waals surface area contributed by atoms with Crippen LogP contribution in [0, 0.1) is 36.5 Å². The first kappa shape index (κ1) is 27.5. The molecule has 1 aromatic heterocycles. The van der Waals surface area contributed by atoms with Crippen molar-refractivity contribution in [3.8, 4) is 5.75 Å². The van der Waals surface area contributed by atoms with E-state index >= 15 is 0 Å². The number of rotatable bonds is 5. The van der Waals surface area contributed by atoms with Crippen LogP contribution in [0.4, 0.5) is 5.69 Å². The van der Waals surface area contributed by atoms with Gasteiger partial charge in [0.1, 0.15) is 12.4 Å². The second-order valence-corrected chi connectivity index (χ2v) is 15.0. The number of halogens is 2. The molecule has 218 valence electrons. The molecule has 2 saturated carbocycles. The van der Waals surface area contributed by atoms with E-state index in [1.54, 1.807) is 36.0 Å².